The minimum absolute atomic E-state index is 0.0118. The second-order valence-electron chi connectivity index (χ2n) is 6.27. The third kappa shape index (κ3) is 4.08. The zero-order valence-corrected chi connectivity index (χ0v) is 16.1. The Hall–Kier alpha value is -3.91. The molecule has 8 nitrogen and oxygen atoms in total. The van der Waals surface area contributed by atoms with Crippen LogP contribution in [0.2, 0.25) is 5.02 Å². The molecule has 1 amide bonds. The number of halogens is 1. The number of amides is 1. The van der Waals surface area contributed by atoms with Crippen molar-refractivity contribution in [1.29, 1.82) is 0 Å². The van der Waals surface area contributed by atoms with Gasteiger partial charge in [0, 0.05) is 10.9 Å². The lowest BCUT2D eigenvalue weighted by Crippen LogP contribution is -2.16. The van der Waals surface area contributed by atoms with Gasteiger partial charge in [0.1, 0.15) is 16.9 Å². The van der Waals surface area contributed by atoms with Crippen molar-refractivity contribution < 1.29 is 23.8 Å². The van der Waals surface area contributed by atoms with Gasteiger partial charge < -0.3 is 14.3 Å². The number of rotatable bonds is 5. The first kappa shape index (κ1) is 19.4. The van der Waals surface area contributed by atoms with E-state index in [0.29, 0.717) is 11.3 Å². The SMILES string of the molecule is O=C(Nc1cccc(Cl)c1C(=O)O)OCc1cc2cc(-c3ccnnc3)ccc2o1. The van der Waals surface area contributed by atoms with Crippen LogP contribution in [0, 0.1) is 0 Å². The van der Waals surface area contributed by atoms with Gasteiger partial charge in [0.15, 0.2) is 6.61 Å². The first-order chi connectivity index (χ1) is 14.5. The summed E-state index contributed by atoms with van der Waals surface area (Å²) in [6, 6.07) is 13.6. The Morgan fingerprint density at radius 1 is 1.10 bits per heavy atom. The van der Waals surface area contributed by atoms with Crippen molar-refractivity contribution in [2.75, 3.05) is 5.32 Å². The zero-order valence-electron chi connectivity index (χ0n) is 15.3. The molecule has 0 atom stereocenters. The number of carbonyl (C=O) groups is 2. The fourth-order valence-corrected chi connectivity index (χ4v) is 3.19. The number of furan rings is 1. The number of fused-ring (bicyclic) bond motifs is 1. The minimum Gasteiger partial charge on any atom is -0.478 e. The molecule has 0 aliphatic rings. The number of anilines is 1. The molecule has 30 heavy (non-hydrogen) atoms. The highest BCUT2D eigenvalue weighted by atomic mass is 35.5. The van der Waals surface area contributed by atoms with Gasteiger partial charge in [-0.2, -0.15) is 10.2 Å². The Morgan fingerprint density at radius 2 is 1.97 bits per heavy atom. The Balaban J connectivity index is 1.46. The maximum atomic E-state index is 12.1. The molecule has 4 aromatic rings. The summed E-state index contributed by atoms with van der Waals surface area (Å²) in [5.41, 5.74) is 2.34. The number of nitrogens with zero attached hydrogens (tertiary/aromatic N) is 2. The monoisotopic (exact) mass is 423 g/mol. The molecule has 0 fully saturated rings. The molecule has 0 saturated carbocycles. The predicted octanol–water partition coefficient (Wildman–Crippen LogP) is 4.99. The summed E-state index contributed by atoms with van der Waals surface area (Å²) in [7, 11) is 0. The Kier molecular flexibility index (Phi) is 5.32. The third-order valence-corrected chi connectivity index (χ3v) is 4.61. The molecule has 150 valence electrons. The zero-order chi connectivity index (χ0) is 21.1. The molecule has 4 rings (SSSR count). The molecule has 0 spiro atoms. The number of nitrogens with one attached hydrogen (secondary N) is 1. The fourth-order valence-electron chi connectivity index (χ4n) is 2.94. The van der Waals surface area contributed by atoms with Crippen molar-refractivity contribution in [1.82, 2.24) is 10.2 Å². The number of hydrogen-bond acceptors (Lipinski definition) is 6. The fraction of sp³-hybridized carbons (Fsp3) is 0.0476. The molecule has 9 heteroatoms. The quantitative estimate of drug-likeness (QED) is 0.464. The molecule has 0 unspecified atom stereocenters. The van der Waals surface area contributed by atoms with Gasteiger partial charge in [-0.3, -0.25) is 5.32 Å². The average molecular weight is 424 g/mol. The number of benzene rings is 2. The summed E-state index contributed by atoms with van der Waals surface area (Å²) in [6.07, 6.45) is 2.45. The molecule has 0 saturated heterocycles. The number of aromatic carboxylic acids is 1. The number of carboxylic acid groups (broad SMARTS) is 1. The van der Waals surface area contributed by atoms with Crippen LogP contribution < -0.4 is 5.32 Å². The lowest BCUT2D eigenvalue weighted by molar-refractivity contribution is 0.0698. The van der Waals surface area contributed by atoms with Crippen LogP contribution in [0.1, 0.15) is 16.1 Å². The highest BCUT2D eigenvalue weighted by Gasteiger charge is 2.17. The highest BCUT2D eigenvalue weighted by Crippen LogP contribution is 2.27. The van der Waals surface area contributed by atoms with Crippen molar-refractivity contribution >= 4 is 40.3 Å². The molecule has 0 radical (unpaired) electrons. The summed E-state index contributed by atoms with van der Waals surface area (Å²) in [5.74, 6) is -0.817. The van der Waals surface area contributed by atoms with E-state index in [4.69, 9.17) is 20.8 Å². The Labute approximate surface area is 175 Å². The van der Waals surface area contributed by atoms with Crippen LogP contribution in [0.25, 0.3) is 22.1 Å². The maximum absolute atomic E-state index is 12.1. The molecule has 0 aliphatic carbocycles. The van der Waals surface area contributed by atoms with Crippen molar-refractivity contribution in [2.45, 2.75) is 6.61 Å². The molecule has 0 bridgehead atoms. The van der Waals surface area contributed by atoms with Crippen LogP contribution in [0.3, 0.4) is 0 Å². The number of carbonyl (C=O) groups excluding carboxylic acids is 1. The van der Waals surface area contributed by atoms with Gasteiger partial charge >= 0.3 is 12.1 Å². The standard InChI is InChI=1S/C21H14ClN3O5/c22-16-2-1-3-17(19(16)20(26)27)25-21(28)29-11-15-9-14-8-12(4-5-18(14)30-15)13-6-7-23-24-10-13/h1-10H,11H2,(H,25,28)(H,26,27). The summed E-state index contributed by atoms with van der Waals surface area (Å²) in [5, 5.41) is 20.1. The predicted molar refractivity (Wildman–Crippen MR) is 109 cm³/mol. The van der Waals surface area contributed by atoms with E-state index in [9.17, 15) is 14.7 Å². The van der Waals surface area contributed by atoms with Gasteiger partial charge in [-0.25, -0.2) is 9.59 Å². The number of aromatic nitrogens is 2. The van der Waals surface area contributed by atoms with Crippen molar-refractivity contribution in [3.05, 3.63) is 77.3 Å². The van der Waals surface area contributed by atoms with Crippen LogP contribution in [0.15, 0.2) is 65.3 Å². The summed E-state index contributed by atoms with van der Waals surface area (Å²) in [4.78, 5) is 23.4. The summed E-state index contributed by atoms with van der Waals surface area (Å²) >= 11 is 5.89. The summed E-state index contributed by atoms with van der Waals surface area (Å²) in [6.45, 7) is -0.129. The second-order valence-corrected chi connectivity index (χ2v) is 6.67. The summed E-state index contributed by atoms with van der Waals surface area (Å²) < 4.78 is 10.8. The lowest BCUT2D eigenvalue weighted by atomic mass is 10.1. The largest absolute Gasteiger partial charge is 0.478 e. The number of hydrogen-bond donors (Lipinski definition) is 2. The Bertz CT molecular complexity index is 1240. The molecule has 2 heterocycles. The van der Waals surface area contributed by atoms with E-state index >= 15 is 0 Å². The smallest absolute Gasteiger partial charge is 0.412 e. The van der Waals surface area contributed by atoms with Crippen LogP contribution in [0.5, 0.6) is 0 Å². The number of ether oxygens (including phenoxy) is 1. The van der Waals surface area contributed by atoms with E-state index < -0.39 is 12.1 Å². The van der Waals surface area contributed by atoms with Crippen molar-refractivity contribution in [3.63, 3.8) is 0 Å². The van der Waals surface area contributed by atoms with Crippen LogP contribution in [-0.4, -0.2) is 27.4 Å². The van der Waals surface area contributed by atoms with Gasteiger partial charge in [-0.15, -0.1) is 0 Å². The molecule has 0 aliphatic heterocycles. The van der Waals surface area contributed by atoms with Gasteiger partial charge in [0.25, 0.3) is 0 Å². The second kappa shape index (κ2) is 8.22. The Morgan fingerprint density at radius 3 is 2.73 bits per heavy atom. The van der Waals surface area contributed by atoms with E-state index in [1.807, 2.05) is 24.3 Å². The lowest BCUT2D eigenvalue weighted by Gasteiger charge is -2.09. The molecule has 2 aromatic heterocycles. The first-order valence-electron chi connectivity index (χ1n) is 8.76. The topological polar surface area (TPSA) is 115 Å². The first-order valence-corrected chi connectivity index (χ1v) is 9.14. The van der Waals surface area contributed by atoms with Crippen LogP contribution in [-0.2, 0) is 11.3 Å². The number of carboxylic acids is 1. The van der Waals surface area contributed by atoms with Crippen molar-refractivity contribution in [2.24, 2.45) is 0 Å². The van der Waals surface area contributed by atoms with E-state index in [-0.39, 0.29) is 22.9 Å². The van der Waals surface area contributed by atoms with E-state index in [1.54, 1.807) is 18.5 Å². The van der Waals surface area contributed by atoms with Gasteiger partial charge in [0.2, 0.25) is 0 Å². The van der Waals surface area contributed by atoms with E-state index in [1.165, 1.54) is 18.2 Å². The van der Waals surface area contributed by atoms with Crippen LogP contribution >= 0.6 is 11.6 Å². The van der Waals surface area contributed by atoms with Crippen molar-refractivity contribution in [3.8, 4) is 11.1 Å². The van der Waals surface area contributed by atoms with Gasteiger partial charge in [-0.1, -0.05) is 23.7 Å². The molecule has 2 N–H and O–H groups in total. The minimum atomic E-state index is -1.26. The average Bonchev–Trinajstić information content (AvgIpc) is 3.15. The van der Waals surface area contributed by atoms with Gasteiger partial charge in [0.05, 0.1) is 23.1 Å². The molecular formula is C21H14ClN3O5. The van der Waals surface area contributed by atoms with E-state index in [2.05, 4.69) is 15.5 Å². The van der Waals surface area contributed by atoms with Crippen LogP contribution in [0.4, 0.5) is 10.5 Å². The highest BCUT2D eigenvalue weighted by molar-refractivity contribution is 6.34. The maximum Gasteiger partial charge on any atom is 0.412 e. The molecular weight excluding hydrogens is 410 g/mol. The van der Waals surface area contributed by atoms with Gasteiger partial charge in [-0.05, 0) is 42.0 Å². The normalized spacial score (nSPS) is 10.7. The third-order valence-electron chi connectivity index (χ3n) is 4.29. The molecule has 2 aromatic carbocycles. The van der Waals surface area contributed by atoms with E-state index in [0.717, 1.165) is 16.5 Å².